The van der Waals surface area contributed by atoms with Gasteiger partial charge in [-0.3, -0.25) is 0 Å². The predicted octanol–water partition coefficient (Wildman–Crippen LogP) is 9.79. The number of ether oxygens (including phenoxy) is 1. The molecule has 0 unspecified atom stereocenters. The fourth-order valence-electron chi connectivity index (χ4n) is 6.11. The third-order valence-corrected chi connectivity index (χ3v) is 8.87. The highest BCUT2D eigenvalue weighted by molar-refractivity contribution is 5.67. The van der Waals surface area contributed by atoms with Crippen molar-refractivity contribution in [3.05, 3.63) is 70.8 Å². The van der Waals surface area contributed by atoms with E-state index in [1.807, 2.05) is 0 Å². The Morgan fingerprint density at radius 3 is 1.67 bits per heavy atom. The molecule has 2 N–H and O–H groups in total. The fourth-order valence-corrected chi connectivity index (χ4v) is 6.11. The Kier molecular flexibility index (Phi) is 13.4. The standard InChI is InChI=1S/C38H60N2O2/c1-8-9-10-11-12-13-14-15-16-17-26-39-36(41)42-33-27-34(40-28-33)35(29-18-22-31(23-19-29)37(2,3)4)30-20-24-32(25-21-30)38(5,6)7/h18-25,33-35,40H,8-17,26-28H2,1-7H3,(H,39,41)/t33-,34-/m1/s1. The van der Waals surface area contributed by atoms with E-state index in [0.29, 0.717) is 13.1 Å². The van der Waals surface area contributed by atoms with E-state index in [1.54, 1.807) is 0 Å². The van der Waals surface area contributed by atoms with E-state index in [2.05, 4.69) is 108 Å². The van der Waals surface area contributed by atoms with Crippen molar-refractivity contribution < 1.29 is 9.53 Å². The molecule has 0 radical (unpaired) electrons. The average molecular weight is 577 g/mol. The summed E-state index contributed by atoms with van der Waals surface area (Å²) in [6, 6.07) is 18.5. The summed E-state index contributed by atoms with van der Waals surface area (Å²) in [5, 5.41) is 6.70. The van der Waals surface area contributed by atoms with Crippen LogP contribution in [-0.4, -0.2) is 31.3 Å². The van der Waals surface area contributed by atoms with E-state index in [-0.39, 0.29) is 35.0 Å². The lowest BCUT2D eigenvalue weighted by atomic mass is 9.80. The van der Waals surface area contributed by atoms with Gasteiger partial charge < -0.3 is 15.4 Å². The van der Waals surface area contributed by atoms with Crippen LogP contribution in [0.25, 0.3) is 0 Å². The molecule has 0 bridgehead atoms. The summed E-state index contributed by atoms with van der Waals surface area (Å²) >= 11 is 0. The van der Waals surface area contributed by atoms with E-state index in [0.717, 1.165) is 12.8 Å². The van der Waals surface area contributed by atoms with Crippen LogP contribution in [0.3, 0.4) is 0 Å². The topological polar surface area (TPSA) is 50.4 Å². The van der Waals surface area contributed by atoms with Gasteiger partial charge >= 0.3 is 6.09 Å². The van der Waals surface area contributed by atoms with Crippen LogP contribution in [0, 0.1) is 0 Å². The molecule has 0 aromatic heterocycles. The molecule has 1 fully saturated rings. The van der Waals surface area contributed by atoms with Gasteiger partial charge in [0.05, 0.1) is 0 Å². The number of hydrogen-bond acceptors (Lipinski definition) is 3. The maximum absolute atomic E-state index is 12.6. The molecule has 42 heavy (non-hydrogen) atoms. The molecule has 4 heteroatoms. The number of carbonyl (C=O) groups is 1. The number of amides is 1. The summed E-state index contributed by atoms with van der Waals surface area (Å²) in [6.07, 6.45) is 13.3. The van der Waals surface area contributed by atoms with Gasteiger partial charge in [0.25, 0.3) is 0 Å². The Morgan fingerprint density at radius 1 is 0.762 bits per heavy atom. The lowest BCUT2D eigenvalue weighted by Gasteiger charge is -2.27. The van der Waals surface area contributed by atoms with Crippen molar-refractivity contribution in [2.24, 2.45) is 0 Å². The Morgan fingerprint density at radius 2 is 1.21 bits per heavy atom. The molecular weight excluding hydrogens is 516 g/mol. The zero-order valence-electron chi connectivity index (χ0n) is 27.9. The summed E-state index contributed by atoms with van der Waals surface area (Å²) in [4.78, 5) is 12.6. The van der Waals surface area contributed by atoms with Gasteiger partial charge in [-0.1, -0.05) is 155 Å². The van der Waals surface area contributed by atoms with Crippen molar-refractivity contribution >= 4 is 6.09 Å². The van der Waals surface area contributed by atoms with Gasteiger partial charge in [-0.15, -0.1) is 0 Å². The molecule has 0 saturated carbocycles. The van der Waals surface area contributed by atoms with Crippen LogP contribution in [0.15, 0.2) is 48.5 Å². The number of hydrogen-bond donors (Lipinski definition) is 2. The molecule has 1 amide bonds. The minimum absolute atomic E-state index is 0.118. The van der Waals surface area contributed by atoms with Gasteiger partial charge in [-0.05, 0) is 39.5 Å². The second kappa shape index (κ2) is 16.5. The number of nitrogens with one attached hydrogen (secondary N) is 2. The van der Waals surface area contributed by atoms with Crippen LogP contribution >= 0.6 is 0 Å². The molecule has 2 aromatic rings. The Bertz CT molecular complexity index is 989. The molecule has 234 valence electrons. The Labute approximate surface area is 257 Å². The minimum Gasteiger partial charge on any atom is -0.445 e. The van der Waals surface area contributed by atoms with Gasteiger partial charge in [0.1, 0.15) is 6.10 Å². The van der Waals surface area contributed by atoms with Crippen LogP contribution in [0.4, 0.5) is 4.79 Å². The van der Waals surface area contributed by atoms with Gasteiger partial charge in [0, 0.05) is 31.5 Å². The molecule has 1 aliphatic heterocycles. The molecule has 2 atom stereocenters. The molecule has 4 nitrogen and oxygen atoms in total. The normalized spacial score (nSPS) is 17.5. The molecule has 1 aliphatic rings. The molecule has 2 aromatic carbocycles. The third kappa shape index (κ3) is 11.1. The molecule has 1 saturated heterocycles. The quantitative estimate of drug-likeness (QED) is 0.207. The summed E-state index contributed by atoms with van der Waals surface area (Å²) in [5.74, 6) is 0.191. The van der Waals surface area contributed by atoms with E-state index in [1.165, 1.54) is 80.0 Å². The molecule has 0 aliphatic carbocycles. The largest absolute Gasteiger partial charge is 0.445 e. The average Bonchev–Trinajstić information content (AvgIpc) is 3.39. The van der Waals surface area contributed by atoms with Gasteiger partial charge in [0.15, 0.2) is 0 Å². The zero-order valence-corrected chi connectivity index (χ0v) is 27.9. The third-order valence-electron chi connectivity index (χ3n) is 8.87. The maximum Gasteiger partial charge on any atom is 0.407 e. The van der Waals surface area contributed by atoms with Gasteiger partial charge in [-0.25, -0.2) is 4.79 Å². The zero-order chi connectivity index (χ0) is 30.6. The number of alkyl carbamates (subject to hydrolysis) is 1. The number of benzene rings is 2. The van der Waals surface area contributed by atoms with Crippen molar-refractivity contribution in [2.45, 2.75) is 148 Å². The second-order valence-electron chi connectivity index (χ2n) is 14.6. The highest BCUT2D eigenvalue weighted by atomic mass is 16.6. The SMILES string of the molecule is CCCCCCCCCCCCNC(=O)O[C@H]1CN[C@@H](C(c2ccc(C(C)(C)C)cc2)c2ccc(C(C)(C)C)cc2)C1. The Hall–Kier alpha value is -2.33. The first kappa shape index (κ1) is 34.2. The number of carbonyl (C=O) groups excluding carboxylic acids is 1. The van der Waals surface area contributed by atoms with E-state index >= 15 is 0 Å². The van der Waals surface area contributed by atoms with Crippen LogP contribution < -0.4 is 10.6 Å². The van der Waals surface area contributed by atoms with Crippen molar-refractivity contribution in [1.29, 1.82) is 0 Å². The van der Waals surface area contributed by atoms with Gasteiger partial charge in [0.2, 0.25) is 0 Å². The van der Waals surface area contributed by atoms with Crippen LogP contribution in [0.2, 0.25) is 0 Å². The van der Waals surface area contributed by atoms with Crippen LogP contribution in [0.5, 0.6) is 0 Å². The predicted molar refractivity (Wildman–Crippen MR) is 179 cm³/mol. The number of unbranched alkanes of at least 4 members (excludes halogenated alkanes) is 9. The second-order valence-corrected chi connectivity index (χ2v) is 14.6. The van der Waals surface area contributed by atoms with Crippen LogP contribution in [-0.2, 0) is 15.6 Å². The summed E-state index contributed by atoms with van der Waals surface area (Å²) in [7, 11) is 0. The van der Waals surface area contributed by atoms with Crippen molar-refractivity contribution in [2.75, 3.05) is 13.1 Å². The molecule has 3 rings (SSSR count). The maximum atomic E-state index is 12.6. The van der Waals surface area contributed by atoms with Crippen molar-refractivity contribution in [1.82, 2.24) is 10.6 Å². The first-order valence-corrected chi connectivity index (χ1v) is 16.9. The smallest absolute Gasteiger partial charge is 0.407 e. The van der Waals surface area contributed by atoms with E-state index in [4.69, 9.17) is 4.74 Å². The molecule has 0 spiro atoms. The van der Waals surface area contributed by atoms with Crippen molar-refractivity contribution in [3.8, 4) is 0 Å². The summed E-state index contributed by atoms with van der Waals surface area (Å²) in [6.45, 7) is 17.2. The summed E-state index contributed by atoms with van der Waals surface area (Å²) < 4.78 is 5.87. The van der Waals surface area contributed by atoms with E-state index < -0.39 is 0 Å². The molecule has 1 heterocycles. The van der Waals surface area contributed by atoms with Gasteiger partial charge in [-0.2, -0.15) is 0 Å². The Balaban J connectivity index is 1.51. The first-order chi connectivity index (χ1) is 20.0. The van der Waals surface area contributed by atoms with Crippen molar-refractivity contribution in [3.63, 3.8) is 0 Å². The summed E-state index contributed by atoms with van der Waals surface area (Å²) in [5.41, 5.74) is 5.52. The fraction of sp³-hybridized carbons (Fsp3) is 0.658. The molecular formula is C38H60N2O2. The number of rotatable bonds is 15. The van der Waals surface area contributed by atoms with Crippen LogP contribution in [0.1, 0.15) is 147 Å². The lowest BCUT2D eigenvalue weighted by molar-refractivity contribution is 0.106. The monoisotopic (exact) mass is 576 g/mol. The highest BCUT2D eigenvalue weighted by Crippen LogP contribution is 2.35. The lowest BCUT2D eigenvalue weighted by Crippen LogP contribution is -2.30. The highest BCUT2D eigenvalue weighted by Gasteiger charge is 2.34. The minimum atomic E-state index is -0.279. The first-order valence-electron chi connectivity index (χ1n) is 16.9. The van der Waals surface area contributed by atoms with E-state index in [9.17, 15) is 4.79 Å².